The summed E-state index contributed by atoms with van der Waals surface area (Å²) in [7, 11) is 0. The first kappa shape index (κ1) is 19.1. The van der Waals surface area contributed by atoms with E-state index in [9.17, 15) is 4.79 Å². The third-order valence-corrected chi connectivity index (χ3v) is 7.09. The Morgan fingerprint density at radius 2 is 2.13 bits per heavy atom. The monoisotopic (exact) mass is 418 g/mol. The van der Waals surface area contributed by atoms with E-state index >= 15 is 0 Å². The number of carbonyl (C=O) groups is 1. The van der Waals surface area contributed by atoms with Crippen LogP contribution in [0.25, 0.3) is 10.1 Å². The Labute approximate surface area is 179 Å². The molecule has 3 unspecified atom stereocenters. The van der Waals surface area contributed by atoms with Gasteiger partial charge in [-0.3, -0.25) is 0 Å². The zero-order valence-electron chi connectivity index (χ0n) is 16.7. The number of fused-ring (bicyclic) bond motifs is 5. The van der Waals surface area contributed by atoms with Gasteiger partial charge in [0.2, 0.25) is 0 Å². The Hall–Kier alpha value is -2.88. The van der Waals surface area contributed by atoms with Gasteiger partial charge >= 0.3 is 5.97 Å². The van der Waals surface area contributed by atoms with Crippen molar-refractivity contribution in [1.29, 1.82) is 5.26 Å². The van der Waals surface area contributed by atoms with Crippen LogP contribution < -0.4 is 5.32 Å². The highest BCUT2D eigenvalue weighted by Crippen LogP contribution is 2.52. The summed E-state index contributed by atoms with van der Waals surface area (Å²) in [6, 6.07) is 16.2. The normalized spacial score (nSPS) is 22.5. The molecule has 0 spiro atoms. The quantitative estimate of drug-likeness (QED) is 0.562. The maximum absolute atomic E-state index is 12.3. The van der Waals surface area contributed by atoms with Crippen molar-refractivity contribution in [3.05, 3.63) is 64.0 Å². The smallest absolute Gasteiger partial charge is 0.348 e. The van der Waals surface area contributed by atoms with E-state index in [-0.39, 0.29) is 24.0 Å². The summed E-state index contributed by atoms with van der Waals surface area (Å²) in [5, 5.41) is 13.9. The fraction of sp³-hybridized carbons (Fsp3) is 0.333. The molecule has 0 aliphatic carbocycles. The van der Waals surface area contributed by atoms with Crippen LogP contribution in [0.3, 0.4) is 0 Å². The predicted octanol–water partition coefficient (Wildman–Crippen LogP) is 5.58. The Kier molecular flexibility index (Phi) is 4.93. The van der Waals surface area contributed by atoms with Gasteiger partial charge < -0.3 is 14.8 Å². The summed E-state index contributed by atoms with van der Waals surface area (Å²) < 4.78 is 12.6. The van der Waals surface area contributed by atoms with Gasteiger partial charge in [0, 0.05) is 33.9 Å². The maximum Gasteiger partial charge on any atom is 0.348 e. The molecule has 1 saturated heterocycles. The second kappa shape index (κ2) is 7.75. The van der Waals surface area contributed by atoms with E-state index in [4.69, 9.17) is 14.7 Å². The summed E-state index contributed by atoms with van der Waals surface area (Å²) in [4.78, 5) is 12.9. The Balaban J connectivity index is 1.59. The number of benzene rings is 2. The van der Waals surface area contributed by atoms with Gasteiger partial charge in [0.15, 0.2) is 0 Å². The topological polar surface area (TPSA) is 71.3 Å². The molecule has 1 N–H and O–H groups in total. The van der Waals surface area contributed by atoms with Gasteiger partial charge in [-0.15, -0.1) is 11.3 Å². The van der Waals surface area contributed by atoms with Crippen molar-refractivity contribution in [2.45, 2.75) is 31.9 Å². The van der Waals surface area contributed by atoms with Crippen molar-refractivity contribution in [2.24, 2.45) is 5.92 Å². The Morgan fingerprint density at radius 1 is 1.30 bits per heavy atom. The zero-order chi connectivity index (χ0) is 20.7. The lowest BCUT2D eigenvalue weighted by molar-refractivity contribution is -0.0372. The second-order valence-corrected chi connectivity index (χ2v) is 8.81. The van der Waals surface area contributed by atoms with Crippen molar-refractivity contribution < 1.29 is 14.3 Å². The van der Waals surface area contributed by atoms with Crippen molar-refractivity contribution in [3.8, 4) is 6.07 Å². The largest absolute Gasteiger partial charge is 0.462 e. The van der Waals surface area contributed by atoms with Crippen LogP contribution in [0.4, 0.5) is 5.69 Å². The first-order chi connectivity index (χ1) is 14.7. The molecule has 0 radical (unpaired) electrons. The molecule has 1 fully saturated rings. The van der Waals surface area contributed by atoms with Crippen molar-refractivity contribution in [1.82, 2.24) is 0 Å². The number of nitriles is 1. The van der Waals surface area contributed by atoms with Crippen molar-refractivity contribution in [3.63, 3.8) is 0 Å². The average molecular weight is 419 g/mol. The minimum Gasteiger partial charge on any atom is -0.462 e. The average Bonchev–Trinajstić information content (AvgIpc) is 3.23. The fourth-order valence-electron chi connectivity index (χ4n) is 4.68. The summed E-state index contributed by atoms with van der Waals surface area (Å²) in [5.41, 5.74) is 4.03. The number of carbonyl (C=O) groups excluding carboxylic acids is 1. The predicted molar refractivity (Wildman–Crippen MR) is 117 cm³/mol. The van der Waals surface area contributed by atoms with Crippen molar-refractivity contribution in [2.75, 3.05) is 18.5 Å². The van der Waals surface area contributed by atoms with Crippen LogP contribution in [-0.2, 0) is 9.47 Å². The molecule has 6 heteroatoms. The molecule has 5 nitrogen and oxygen atoms in total. The van der Waals surface area contributed by atoms with E-state index in [1.165, 1.54) is 11.3 Å². The third-order valence-electron chi connectivity index (χ3n) is 6.01. The van der Waals surface area contributed by atoms with Gasteiger partial charge in [-0.05, 0) is 55.7 Å². The summed E-state index contributed by atoms with van der Waals surface area (Å²) in [5.74, 6) is 0.0171. The molecule has 152 valence electrons. The number of ether oxygens (including phenoxy) is 2. The molecule has 1 aromatic heterocycles. The Morgan fingerprint density at radius 3 is 2.90 bits per heavy atom. The summed E-state index contributed by atoms with van der Waals surface area (Å²) in [6.07, 6.45) is 2.06. The summed E-state index contributed by atoms with van der Waals surface area (Å²) in [6.45, 7) is 2.93. The SMILES string of the molecule is CCOC(=O)c1cc2c3c(ccc2s1)NC(c1ccc(C#N)cc1)C1CCCOC31. The minimum atomic E-state index is -0.271. The van der Waals surface area contributed by atoms with Gasteiger partial charge in [0.1, 0.15) is 4.88 Å². The highest BCUT2D eigenvalue weighted by atomic mass is 32.1. The van der Waals surface area contributed by atoms with Crippen LogP contribution in [0, 0.1) is 17.2 Å². The molecular weight excluding hydrogens is 396 g/mol. The number of thiophene rings is 1. The van der Waals surface area contributed by atoms with Crippen LogP contribution in [0.5, 0.6) is 0 Å². The molecule has 2 aromatic carbocycles. The third kappa shape index (κ3) is 3.15. The first-order valence-corrected chi connectivity index (χ1v) is 11.1. The lowest BCUT2D eigenvalue weighted by atomic mass is 9.76. The van der Waals surface area contributed by atoms with E-state index < -0.39 is 0 Å². The number of anilines is 1. The second-order valence-electron chi connectivity index (χ2n) is 7.72. The van der Waals surface area contributed by atoms with Crippen LogP contribution in [0.1, 0.15) is 58.3 Å². The van der Waals surface area contributed by atoms with Gasteiger partial charge in [-0.1, -0.05) is 12.1 Å². The zero-order valence-corrected chi connectivity index (χ0v) is 17.5. The molecule has 2 aliphatic rings. The number of hydrogen-bond donors (Lipinski definition) is 1. The number of rotatable bonds is 3. The van der Waals surface area contributed by atoms with E-state index in [0.717, 1.165) is 46.3 Å². The lowest BCUT2D eigenvalue weighted by Crippen LogP contribution is -2.36. The van der Waals surface area contributed by atoms with E-state index in [1.807, 2.05) is 37.3 Å². The van der Waals surface area contributed by atoms with Crippen LogP contribution >= 0.6 is 11.3 Å². The van der Waals surface area contributed by atoms with Crippen molar-refractivity contribution >= 4 is 33.1 Å². The molecule has 5 rings (SSSR count). The maximum atomic E-state index is 12.3. The number of nitrogens with one attached hydrogen (secondary N) is 1. The number of nitrogens with zero attached hydrogens (tertiary/aromatic N) is 1. The fourth-order valence-corrected chi connectivity index (χ4v) is 5.65. The van der Waals surface area contributed by atoms with Crippen LogP contribution in [0.15, 0.2) is 42.5 Å². The molecule has 3 aromatic rings. The molecule has 0 saturated carbocycles. The molecule has 3 heterocycles. The highest BCUT2D eigenvalue weighted by molar-refractivity contribution is 7.20. The van der Waals surface area contributed by atoms with E-state index in [0.29, 0.717) is 17.0 Å². The van der Waals surface area contributed by atoms with E-state index in [1.54, 1.807) is 0 Å². The van der Waals surface area contributed by atoms with Gasteiger partial charge in [-0.2, -0.15) is 5.26 Å². The van der Waals surface area contributed by atoms with Crippen LogP contribution in [0.2, 0.25) is 0 Å². The number of hydrogen-bond acceptors (Lipinski definition) is 6. The summed E-state index contributed by atoms with van der Waals surface area (Å²) >= 11 is 1.47. The lowest BCUT2D eigenvalue weighted by Gasteiger charge is -2.43. The molecule has 0 amide bonds. The minimum absolute atomic E-state index is 0.0241. The first-order valence-electron chi connectivity index (χ1n) is 10.3. The van der Waals surface area contributed by atoms with E-state index in [2.05, 4.69) is 23.5 Å². The van der Waals surface area contributed by atoms with Gasteiger partial charge in [0.25, 0.3) is 0 Å². The van der Waals surface area contributed by atoms with Crippen LogP contribution in [-0.4, -0.2) is 19.2 Å². The highest BCUT2D eigenvalue weighted by Gasteiger charge is 2.41. The van der Waals surface area contributed by atoms with Gasteiger partial charge in [-0.25, -0.2) is 4.79 Å². The Bertz CT molecular complexity index is 1150. The molecule has 30 heavy (non-hydrogen) atoms. The molecular formula is C24H22N2O3S. The standard InChI is InChI=1S/C24H22N2O3S/c1-2-28-24(27)20-12-17-19(30-20)10-9-18-21(17)23-16(4-3-11-29-23)22(26-18)15-7-5-14(13-25)6-8-15/h5-10,12,16,22-23,26H,2-4,11H2,1H3. The van der Waals surface area contributed by atoms with Gasteiger partial charge in [0.05, 0.1) is 30.4 Å². The molecule has 2 aliphatic heterocycles. The molecule has 3 atom stereocenters. The number of esters is 1. The molecule has 0 bridgehead atoms.